The number of hydrogen-bond acceptors (Lipinski definition) is 3. The van der Waals surface area contributed by atoms with Gasteiger partial charge in [-0.1, -0.05) is 18.2 Å². The van der Waals surface area contributed by atoms with Crippen molar-refractivity contribution in [2.75, 3.05) is 5.73 Å². The molecule has 20 heavy (non-hydrogen) atoms. The van der Waals surface area contributed by atoms with Crippen LogP contribution in [0.5, 0.6) is 11.5 Å². The molecule has 0 atom stereocenters. The topological polar surface area (TPSA) is 63.9 Å². The lowest BCUT2D eigenvalue weighted by atomic mass is 10.1. The average molecular weight is 269 g/mol. The molecule has 0 aliphatic rings. The summed E-state index contributed by atoms with van der Waals surface area (Å²) in [6.45, 7) is 0. The van der Waals surface area contributed by atoms with E-state index in [-0.39, 0.29) is 0 Å². The summed E-state index contributed by atoms with van der Waals surface area (Å²) >= 11 is 0. The second-order valence-electron chi connectivity index (χ2n) is 4.26. The van der Waals surface area contributed by atoms with Crippen LogP contribution in [0.4, 0.5) is 10.1 Å². The lowest BCUT2D eigenvalue weighted by Crippen LogP contribution is -1.91. The SMILES string of the molecule is Nc1cn[nH]c1-c1ccc(Oc2ccccc2)cc1F. The maximum Gasteiger partial charge on any atom is 0.136 e. The minimum atomic E-state index is -0.422. The van der Waals surface area contributed by atoms with Crippen LogP contribution in [0, 0.1) is 5.82 Å². The molecule has 0 fully saturated rings. The van der Waals surface area contributed by atoms with Gasteiger partial charge in [0, 0.05) is 11.6 Å². The van der Waals surface area contributed by atoms with Gasteiger partial charge in [-0.05, 0) is 24.3 Å². The highest BCUT2D eigenvalue weighted by molar-refractivity contribution is 5.72. The number of aromatic nitrogens is 2. The maximum absolute atomic E-state index is 14.1. The summed E-state index contributed by atoms with van der Waals surface area (Å²) in [5.74, 6) is 0.658. The summed E-state index contributed by atoms with van der Waals surface area (Å²) in [6, 6.07) is 13.8. The smallest absolute Gasteiger partial charge is 0.136 e. The van der Waals surface area contributed by atoms with Crippen molar-refractivity contribution in [3.8, 4) is 22.8 Å². The summed E-state index contributed by atoms with van der Waals surface area (Å²) in [5.41, 5.74) is 6.94. The molecule has 0 amide bonds. The zero-order valence-electron chi connectivity index (χ0n) is 10.5. The zero-order chi connectivity index (χ0) is 13.9. The molecule has 0 radical (unpaired) electrons. The lowest BCUT2D eigenvalue weighted by Gasteiger charge is -2.07. The van der Waals surface area contributed by atoms with Crippen LogP contribution >= 0.6 is 0 Å². The first-order chi connectivity index (χ1) is 9.74. The number of hydrogen-bond donors (Lipinski definition) is 2. The number of rotatable bonds is 3. The molecular formula is C15H12FN3O. The number of para-hydroxylation sites is 1. The molecule has 4 nitrogen and oxygen atoms in total. The average Bonchev–Trinajstić information content (AvgIpc) is 2.86. The Hall–Kier alpha value is -2.82. The van der Waals surface area contributed by atoms with E-state index in [0.29, 0.717) is 28.4 Å². The van der Waals surface area contributed by atoms with E-state index in [1.807, 2.05) is 18.2 Å². The monoisotopic (exact) mass is 269 g/mol. The van der Waals surface area contributed by atoms with E-state index in [0.717, 1.165) is 0 Å². The Bertz CT molecular complexity index is 725. The Morgan fingerprint density at radius 2 is 1.85 bits per heavy atom. The van der Waals surface area contributed by atoms with Crippen molar-refractivity contribution >= 4 is 5.69 Å². The maximum atomic E-state index is 14.1. The van der Waals surface area contributed by atoms with E-state index in [2.05, 4.69) is 10.2 Å². The summed E-state index contributed by atoms with van der Waals surface area (Å²) < 4.78 is 19.7. The third kappa shape index (κ3) is 2.33. The first kappa shape index (κ1) is 12.2. The second-order valence-corrected chi connectivity index (χ2v) is 4.26. The standard InChI is InChI=1S/C15H12FN3O/c16-13-8-11(20-10-4-2-1-3-5-10)6-7-12(13)15-14(17)9-18-19-15/h1-9H,17H2,(H,18,19). The van der Waals surface area contributed by atoms with Crippen molar-refractivity contribution in [2.45, 2.75) is 0 Å². The van der Waals surface area contributed by atoms with Crippen LogP contribution in [0.1, 0.15) is 0 Å². The fourth-order valence-electron chi connectivity index (χ4n) is 1.90. The van der Waals surface area contributed by atoms with Gasteiger partial charge in [-0.15, -0.1) is 0 Å². The molecular weight excluding hydrogens is 257 g/mol. The molecule has 1 aromatic heterocycles. The van der Waals surface area contributed by atoms with E-state index < -0.39 is 5.82 Å². The summed E-state index contributed by atoms with van der Waals surface area (Å²) in [4.78, 5) is 0. The number of nitrogen functional groups attached to an aromatic ring is 1. The predicted molar refractivity (Wildman–Crippen MR) is 74.9 cm³/mol. The van der Waals surface area contributed by atoms with Crippen molar-refractivity contribution in [1.82, 2.24) is 10.2 Å². The molecule has 0 unspecified atom stereocenters. The van der Waals surface area contributed by atoms with E-state index in [1.54, 1.807) is 24.3 Å². The molecule has 0 aliphatic heterocycles. The summed E-state index contributed by atoms with van der Waals surface area (Å²) in [5, 5.41) is 6.46. The molecule has 0 bridgehead atoms. The van der Waals surface area contributed by atoms with Crippen LogP contribution in [0.2, 0.25) is 0 Å². The number of H-pyrrole nitrogens is 1. The third-order valence-electron chi connectivity index (χ3n) is 2.86. The normalized spacial score (nSPS) is 10.4. The van der Waals surface area contributed by atoms with Crippen molar-refractivity contribution < 1.29 is 9.13 Å². The highest BCUT2D eigenvalue weighted by Crippen LogP contribution is 2.30. The van der Waals surface area contributed by atoms with Gasteiger partial charge in [0.25, 0.3) is 0 Å². The molecule has 0 spiro atoms. The van der Waals surface area contributed by atoms with Crippen molar-refractivity contribution in [2.24, 2.45) is 0 Å². The lowest BCUT2D eigenvalue weighted by molar-refractivity contribution is 0.477. The molecule has 1 heterocycles. The van der Waals surface area contributed by atoms with Gasteiger partial charge in [0.2, 0.25) is 0 Å². The van der Waals surface area contributed by atoms with Crippen molar-refractivity contribution in [3.05, 3.63) is 60.5 Å². The largest absolute Gasteiger partial charge is 0.457 e. The summed E-state index contributed by atoms with van der Waals surface area (Å²) in [6.07, 6.45) is 1.45. The van der Waals surface area contributed by atoms with Gasteiger partial charge in [0.1, 0.15) is 17.3 Å². The molecule has 3 rings (SSSR count). The number of anilines is 1. The van der Waals surface area contributed by atoms with Gasteiger partial charge in [0.05, 0.1) is 17.6 Å². The van der Waals surface area contributed by atoms with Gasteiger partial charge in [-0.2, -0.15) is 5.10 Å². The number of nitrogens with zero attached hydrogens (tertiary/aromatic N) is 1. The Morgan fingerprint density at radius 1 is 1.05 bits per heavy atom. The number of aromatic amines is 1. The zero-order valence-corrected chi connectivity index (χ0v) is 10.5. The van der Waals surface area contributed by atoms with Gasteiger partial charge in [0.15, 0.2) is 0 Å². The van der Waals surface area contributed by atoms with Crippen LogP contribution in [-0.4, -0.2) is 10.2 Å². The van der Waals surface area contributed by atoms with Crippen LogP contribution in [0.3, 0.4) is 0 Å². The predicted octanol–water partition coefficient (Wildman–Crippen LogP) is 3.59. The quantitative estimate of drug-likeness (QED) is 0.763. The fraction of sp³-hybridized carbons (Fsp3) is 0. The first-order valence-corrected chi connectivity index (χ1v) is 6.06. The Kier molecular flexibility index (Phi) is 3.09. The number of ether oxygens (including phenoxy) is 1. The molecule has 0 saturated heterocycles. The van der Waals surface area contributed by atoms with Gasteiger partial charge in [-0.25, -0.2) is 4.39 Å². The van der Waals surface area contributed by atoms with Crippen LogP contribution in [-0.2, 0) is 0 Å². The molecule has 0 saturated carbocycles. The Morgan fingerprint density at radius 3 is 2.50 bits per heavy atom. The Balaban J connectivity index is 1.90. The van der Waals surface area contributed by atoms with Gasteiger partial charge < -0.3 is 10.5 Å². The highest BCUT2D eigenvalue weighted by atomic mass is 19.1. The van der Waals surface area contributed by atoms with E-state index in [9.17, 15) is 4.39 Å². The van der Waals surface area contributed by atoms with Crippen LogP contribution in [0.15, 0.2) is 54.7 Å². The van der Waals surface area contributed by atoms with Crippen LogP contribution in [0.25, 0.3) is 11.3 Å². The second kappa shape index (κ2) is 5.05. The number of benzene rings is 2. The summed E-state index contributed by atoms with van der Waals surface area (Å²) in [7, 11) is 0. The number of halogens is 1. The molecule has 2 aromatic carbocycles. The van der Waals surface area contributed by atoms with Crippen LogP contribution < -0.4 is 10.5 Å². The van der Waals surface area contributed by atoms with E-state index >= 15 is 0 Å². The Labute approximate surface area is 115 Å². The van der Waals surface area contributed by atoms with Crippen molar-refractivity contribution in [1.29, 1.82) is 0 Å². The number of nitrogens with two attached hydrogens (primary N) is 1. The number of nitrogens with one attached hydrogen (secondary N) is 1. The van der Waals surface area contributed by atoms with Crippen molar-refractivity contribution in [3.63, 3.8) is 0 Å². The van der Waals surface area contributed by atoms with Gasteiger partial charge >= 0.3 is 0 Å². The first-order valence-electron chi connectivity index (χ1n) is 6.06. The van der Waals surface area contributed by atoms with E-state index in [1.165, 1.54) is 12.3 Å². The molecule has 0 aliphatic carbocycles. The highest BCUT2D eigenvalue weighted by Gasteiger charge is 2.11. The molecule has 100 valence electrons. The molecule has 3 N–H and O–H groups in total. The minimum absolute atomic E-state index is 0.361. The molecule has 5 heteroatoms. The van der Waals surface area contributed by atoms with Gasteiger partial charge in [-0.3, -0.25) is 5.10 Å². The fourth-order valence-corrected chi connectivity index (χ4v) is 1.90. The third-order valence-corrected chi connectivity index (χ3v) is 2.86. The van der Waals surface area contributed by atoms with E-state index in [4.69, 9.17) is 10.5 Å². The minimum Gasteiger partial charge on any atom is -0.457 e. The molecule has 3 aromatic rings.